The van der Waals surface area contributed by atoms with Crippen LogP contribution in [0.5, 0.6) is 5.75 Å². The molecule has 0 fully saturated rings. The third-order valence-corrected chi connectivity index (χ3v) is 4.54. The quantitative estimate of drug-likeness (QED) is 0.293. The first-order valence-electron chi connectivity index (χ1n) is 7.98. The van der Waals surface area contributed by atoms with E-state index in [2.05, 4.69) is 5.10 Å². The number of amides is 2. The van der Waals surface area contributed by atoms with Crippen molar-refractivity contribution in [1.82, 2.24) is 5.01 Å². The highest BCUT2D eigenvalue weighted by Crippen LogP contribution is 2.32. The molecule has 0 spiro atoms. The molecule has 0 unspecified atom stereocenters. The number of carbonyl (C=O) groups is 2. The number of hydrogen-bond acceptors (Lipinski definition) is 6. The first-order chi connectivity index (χ1) is 13.4. The normalized spacial score (nSPS) is 13.5. The number of imide groups is 1. The van der Waals surface area contributed by atoms with Crippen LogP contribution in [0.3, 0.4) is 0 Å². The number of halogens is 1. The van der Waals surface area contributed by atoms with Crippen molar-refractivity contribution in [2.75, 3.05) is 0 Å². The number of hydrazone groups is 1. The van der Waals surface area contributed by atoms with Gasteiger partial charge in [0.1, 0.15) is 0 Å². The van der Waals surface area contributed by atoms with Gasteiger partial charge in [0.05, 0.1) is 22.3 Å². The Morgan fingerprint density at radius 1 is 1.04 bits per heavy atom. The van der Waals surface area contributed by atoms with Crippen molar-refractivity contribution in [2.45, 2.75) is 0 Å². The van der Waals surface area contributed by atoms with Gasteiger partial charge in [-0.1, -0.05) is 35.9 Å². The van der Waals surface area contributed by atoms with Crippen molar-refractivity contribution in [3.8, 4) is 5.75 Å². The number of hydrogen-bond donors (Lipinski definition) is 0. The molecule has 0 aliphatic carbocycles. The third-order valence-electron chi connectivity index (χ3n) is 4.32. The van der Waals surface area contributed by atoms with Gasteiger partial charge in [0.15, 0.2) is 0 Å². The Morgan fingerprint density at radius 3 is 2.21 bits per heavy atom. The molecule has 138 valence electrons. The molecule has 3 aromatic rings. The van der Waals surface area contributed by atoms with Gasteiger partial charge in [-0.3, -0.25) is 19.7 Å². The Kier molecular flexibility index (Phi) is 4.05. The molecule has 8 nitrogen and oxygen atoms in total. The molecule has 0 bridgehead atoms. The minimum absolute atomic E-state index is 0.0424. The van der Waals surface area contributed by atoms with Gasteiger partial charge in [-0.25, -0.2) is 0 Å². The number of nitrogens with zero attached hydrogens (tertiary/aromatic N) is 3. The minimum atomic E-state index is -0.919. The van der Waals surface area contributed by atoms with E-state index >= 15 is 0 Å². The van der Waals surface area contributed by atoms with Gasteiger partial charge in [-0.05, 0) is 34.9 Å². The zero-order chi connectivity index (χ0) is 20.0. The molecule has 4 rings (SSSR count). The summed E-state index contributed by atoms with van der Waals surface area (Å²) in [5, 5.41) is 28.8. The van der Waals surface area contributed by atoms with Crippen LogP contribution in [-0.2, 0) is 0 Å². The lowest BCUT2D eigenvalue weighted by molar-refractivity contribution is -0.398. The van der Waals surface area contributed by atoms with Gasteiger partial charge in [0, 0.05) is 16.5 Å². The predicted octanol–water partition coefficient (Wildman–Crippen LogP) is 3.11. The molecular weight excluding hydrogens is 386 g/mol. The van der Waals surface area contributed by atoms with Crippen molar-refractivity contribution < 1.29 is 19.6 Å². The second-order valence-corrected chi connectivity index (χ2v) is 6.41. The van der Waals surface area contributed by atoms with E-state index in [1.807, 2.05) is 0 Å². The number of nitro benzene ring substituents is 1. The summed E-state index contributed by atoms with van der Waals surface area (Å²) in [6.07, 6.45) is 0.922. The molecule has 1 heterocycles. The summed E-state index contributed by atoms with van der Waals surface area (Å²) in [6, 6.07) is 12.2. The number of rotatable bonds is 3. The monoisotopic (exact) mass is 394 g/mol. The van der Waals surface area contributed by atoms with E-state index < -0.39 is 28.2 Å². The SMILES string of the molecule is O=C1c2cccc3cccc(c23)C(=O)N1/N=C\c1cc(Cl)cc([N+](=O)[O-])c1[O-]. The summed E-state index contributed by atoms with van der Waals surface area (Å²) < 4.78 is 0. The molecule has 3 aromatic carbocycles. The zero-order valence-corrected chi connectivity index (χ0v) is 14.7. The summed E-state index contributed by atoms with van der Waals surface area (Å²) in [5.41, 5.74) is -0.342. The summed E-state index contributed by atoms with van der Waals surface area (Å²) in [6.45, 7) is 0. The predicted molar refractivity (Wildman–Crippen MR) is 99.6 cm³/mol. The molecule has 0 N–H and O–H groups in total. The second kappa shape index (κ2) is 6.43. The van der Waals surface area contributed by atoms with E-state index in [0.717, 1.165) is 17.7 Å². The lowest BCUT2D eigenvalue weighted by Crippen LogP contribution is -2.36. The lowest BCUT2D eigenvalue weighted by atomic mass is 9.95. The maximum absolute atomic E-state index is 12.7. The smallest absolute Gasteiger partial charge is 0.282 e. The van der Waals surface area contributed by atoms with Crippen LogP contribution in [0.25, 0.3) is 10.8 Å². The highest BCUT2D eigenvalue weighted by atomic mass is 35.5. The standard InChI is InChI=1S/C19H10ClN3O5/c20-12-7-11(17(24)15(8-12)23(27)28)9-21-22-18(25)13-5-1-3-10-4-2-6-14(16(10)13)19(22)26/h1-9,24H/p-1/b21-9-. The molecule has 0 saturated heterocycles. The summed E-state index contributed by atoms with van der Waals surface area (Å²) in [7, 11) is 0. The van der Waals surface area contributed by atoms with Crippen molar-refractivity contribution >= 4 is 46.1 Å². The Hall–Kier alpha value is -3.78. The van der Waals surface area contributed by atoms with E-state index in [0.29, 0.717) is 21.5 Å². The van der Waals surface area contributed by atoms with Crippen LogP contribution in [0.4, 0.5) is 5.69 Å². The van der Waals surface area contributed by atoms with Crippen molar-refractivity contribution in [2.24, 2.45) is 5.10 Å². The molecule has 9 heteroatoms. The van der Waals surface area contributed by atoms with Crippen LogP contribution in [0.15, 0.2) is 53.6 Å². The first-order valence-corrected chi connectivity index (χ1v) is 8.35. The largest absolute Gasteiger partial charge is 0.867 e. The van der Waals surface area contributed by atoms with Gasteiger partial charge in [-0.2, -0.15) is 10.1 Å². The fraction of sp³-hybridized carbons (Fsp3) is 0. The summed E-state index contributed by atoms with van der Waals surface area (Å²) in [5.74, 6) is -2.23. The second-order valence-electron chi connectivity index (χ2n) is 5.98. The van der Waals surface area contributed by atoms with Crippen LogP contribution in [0.2, 0.25) is 5.02 Å². The minimum Gasteiger partial charge on any atom is -0.867 e. The Labute approximate surface area is 162 Å². The summed E-state index contributed by atoms with van der Waals surface area (Å²) >= 11 is 5.81. The van der Waals surface area contributed by atoms with Crippen LogP contribution >= 0.6 is 11.6 Å². The van der Waals surface area contributed by atoms with Crippen LogP contribution in [-0.4, -0.2) is 28.0 Å². The van der Waals surface area contributed by atoms with Crippen molar-refractivity contribution in [3.05, 3.63) is 80.4 Å². The Morgan fingerprint density at radius 2 is 1.64 bits per heavy atom. The molecule has 0 radical (unpaired) electrons. The number of benzene rings is 3. The van der Waals surface area contributed by atoms with Crippen LogP contribution in [0, 0.1) is 10.1 Å². The Bertz CT molecular complexity index is 1170. The van der Waals surface area contributed by atoms with E-state index in [4.69, 9.17) is 11.6 Å². The van der Waals surface area contributed by atoms with E-state index in [1.165, 1.54) is 6.07 Å². The topological polar surface area (TPSA) is 116 Å². The zero-order valence-electron chi connectivity index (χ0n) is 14.0. The lowest BCUT2D eigenvalue weighted by Gasteiger charge is -2.23. The van der Waals surface area contributed by atoms with Gasteiger partial charge in [0.2, 0.25) is 0 Å². The molecule has 0 atom stereocenters. The highest BCUT2D eigenvalue weighted by Gasteiger charge is 2.32. The molecule has 1 aliphatic heterocycles. The van der Waals surface area contributed by atoms with Crippen LogP contribution < -0.4 is 5.11 Å². The molecule has 28 heavy (non-hydrogen) atoms. The third kappa shape index (κ3) is 2.67. The fourth-order valence-electron chi connectivity index (χ4n) is 3.07. The maximum atomic E-state index is 12.7. The van der Waals surface area contributed by atoms with Gasteiger partial charge in [0.25, 0.3) is 17.5 Å². The van der Waals surface area contributed by atoms with Gasteiger partial charge in [-0.15, -0.1) is 0 Å². The Balaban J connectivity index is 1.79. The highest BCUT2D eigenvalue weighted by molar-refractivity contribution is 6.31. The fourth-order valence-corrected chi connectivity index (χ4v) is 3.29. The number of nitro groups is 1. The van der Waals surface area contributed by atoms with Gasteiger partial charge >= 0.3 is 0 Å². The summed E-state index contributed by atoms with van der Waals surface area (Å²) in [4.78, 5) is 35.6. The maximum Gasteiger partial charge on any atom is 0.282 e. The van der Waals surface area contributed by atoms with E-state index in [1.54, 1.807) is 36.4 Å². The molecule has 1 aliphatic rings. The molecular formula is C19H9ClN3O5-. The van der Waals surface area contributed by atoms with Gasteiger partial charge < -0.3 is 5.11 Å². The van der Waals surface area contributed by atoms with Crippen molar-refractivity contribution in [1.29, 1.82) is 0 Å². The molecule has 0 aromatic heterocycles. The van der Waals surface area contributed by atoms with Crippen LogP contribution in [0.1, 0.15) is 26.3 Å². The molecule has 0 saturated carbocycles. The van der Waals surface area contributed by atoms with Crippen molar-refractivity contribution in [3.63, 3.8) is 0 Å². The van der Waals surface area contributed by atoms with E-state index in [-0.39, 0.29) is 10.6 Å². The number of carbonyl (C=O) groups excluding carboxylic acids is 2. The first kappa shape index (κ1) is 17.6. The average molecular weight is 395 g/mol. The molecule has 2 amide bonds. The average Bonchev–Trinajstić information content (AvgIpc) is 2.67. The van der Waals surface area contributed by atoms with E-state index in [9.17, 15) is 24.8 Å².